The molecular weight excluding hydrogens is 315 g/mol. The Labute approximate surface area is 139 Å². The van der Waals surface area contributed by atoms with E-state index < -0.39 is 0 Å². The van der Waals surface area contributed by atoms with Gasteiger partial charge >= 0.3 is 5.97 Å². The summed E-state index contributed by atoms with van der Waals surface area (Å²) >= 11 is 5.21. The van der Waals surface area contributed by atoms with Gasteiger partial charge in [0.25, 0.3) is 0 Å². The molecule has 2 aromatic carbocycles. The fraction of sp³-hybridized carbons (Fsp3) is 0.176. The van der Waals surface area contributed by atoms with E-state index in [0.29, 0.717) is 29.5 Å². The summed E-state index contributed by atoms with van der Waals surface area (Å²) in [5.74, 6) is -0.647. The van der Waals surface area contributed by atoms with Gasteiger partial charge < -0.3 is 15.4 Å². The van der Waals surface area contributed by atoms with Crippen LogP contribution in [0.1, 0.15) is 22.8 Å². The third kappa shape index (κ3) is 5.34. The number of benzene rings is 2. The van der Waals surface area contributed by atoms with Crippen LogP contribution in [0, 0.1) is 5.82 Å². The molecule has 0 fully saturated rings. The molecule has 0 aliphatic rings. The zero-order valence-corrected chi connectivity index (χ0v) is 13.5. The summed E-state index contributed by atoms with van der Waals surface area (Å²) in [6.07, 6.45) is 0. The number of carbonyl (C=O) groups excluding carboxylic acids is 1. The van der Waals surface area contributed by atoms with Gasteiger partial charge in [-0.15, -0.1) is 0 Å². The maximum Gasteiger partial charge on any atom is 0.338 e. The minimum absolute atomic E-state index is 0.273. The lowest BCUT2D eigenvalue weighted by Gasteiger charge is -2.11. The molecular formula is C17H17FN2O2S. The Hall–Kier alpha value is -2.47. The van der Waals surface area contributed by atoms with Crippen molar-refractivity contribution in [2.45, 2.75) is 13.5 Å². The number of nitrogens with one attached hydrogen (secondary N) is 2. The highest BCUT2D eigenvalue weighted by atomic mass is 32.1. The number of thiocarbonyl (C=S) groups is 1. The fourth-order valence-corrected chi connectivity index (χ4v) is 2.09. The summed E-state index contributed by atoms with van der Waals surface area (Å²) in [4.78, 5) is 11.7. The van der Waals surface area contributed by atoms with Crippen LogP contribution in [0.4, 0.5) is 10.1 Å². The van der Waals surface area contributed by atoms with Crippen molar-refractivity contribution < 1.29 is 13.9 Å². The average molecular weight is 332 g/mol. The van der Waals surface area contributed by atoms with Crippen LogP contribution in [0.25, 0.3) is 0 Å². The standard InChI is InChI=1S/C17H17FN2O2S/c1-2-22-16(21)13-4-3-5-15(10-13)20-17(23)19-11-12-6-8-14(18)9-7-12/h3-10H,2,11H2,1H3,(H2,19,20,23). The number of hydrogen-bond acceptors (Lipinski definition) is 3. The smallest absolute Gasteiger partial charge is 0.338 e. The van der Waals surface area contributed by atoms with E-state index in [2.05, 4.69) is 10.6 Å². The molecule has 0 aromatic heterocycles. The second-order valence-corrected chi connectivity index (χ2v) is 5.14. The summed E-state index contributed by atoms with van der Waals surface area (Å²) in [7, 11) is 0. The second-order valence-electron chi connectivity index (χ2n) is 4.74. The molecule has 0 atom stereocenters. The average Bonchev–Trinajstić information content (AvgIpc) is 2.55. The van der Waals surface area contributed by atoms with Crippen LogP contribution in [-0.4, -0.2) is 17.7 Å². The SMILES string of the molecule is CCOC(=O)c1cccc(NC(=S)NCc2ccc(F)cc2)c1. The molecule has 0 heterocycles. The molecule has 6 heteroatoms. The van der Waals surface area contributed by atoms with E-state index in [-0.39, 0.29) is 11.8 Å². The quantitative estimate of drug-likeness (QED) is 0.648. The van der Waals surface area contributed by atoms with Gasteiger partial charge in [-0.05, 0) is 55.0 Å². The molecule has 0 aliphatic heterocycles. The first-order valence-electron chi connectivity index (χ1n) is 7.15. The van der Waals surface area contributed by atoms with Gasteiger partial charge in [0.15, 0.2) is 5.11 Å². The van der Waals surface area contributed by atoms with Crippen LogP contribution in [0.15, 0.2) is 48.5 Å². The van der Waals surface area contributed by atoms with Gasteiger partial charge in [-0.3, -0.25) is 0 Å². The Morgan fingerprint density at radius 2 is 1.96 bits per heavy atom. The highest BCUT2D eigenvalue weighted by Crippen LogP contribution is 2.12. The lowest BCUT2D eigenvalue weighted by atomic mass is 10.2. The summed E-state index contributed by atoms with van der Waals surface area (Å²) in [6, 6.07) is 13.1. The Balaban J connectivity index is 1.91. The van der Waals surface area contributed by atoms with Crippen molar-refractivity contribution in [1.29, 1.82) is 0 Å². The predicted octanol–water partition coefficient (Wildman–Crippen LogP) is 3.49. The first kappa shape index (κ1) is 16.9. The van der Waals surface area contributed by atoms with Crippen molar-refractivity contribution in [2.24, 2.45) is 0 Å². The predicted molar refractivity (Wildman–Crippen MR) is 91.9 cm³/mol. The van der Waals surface area contributed by atoms with Crippen molar-refractivity contribution in [2.75, 3.05) is 11.9 Å². The van der Waals surface area contributed by atoms with Gasteiger partial charge in [0.1, 0.15) is 5.82 Å². The van der Waals surface area contributed by atoms with Crippen LogP contribution in [0.5, 0.6) is 0 Å². The Morgan fingerprint density at radius 3 is 2.65 bits per heavy atom. The zero-order valence-electron chi connectivity index (χ0n) is 12.6. The van der Waals surface area contributed by atoms with E-state index in [1.807, 2.05) is 0 Å². The third-order valence-corrected chi connectivity index (χ3v) is 3.24. The molecule has 120 valence electrons. The number of halogens is 1. The molecule has 0 spiro atoms. The maximum atomic E-state index is 12.8. The van der Waals surface area contributed by atoms with E-state index in [1.165, 1.54) is 12.1 Å². The molecule has 0 radical (unpaired) electrons. The number of esters is 1. The molecule has 0 saturated carbocycles. The molecule has 0 saturated heterocycles. The van der Waals surface area contributed by atoms with Gasteiger partial charge in [-0.2, -0.15) is 0 Å². The van der Waals surface area contributed by atoms with E-state index in [4.69, 9.17) is 17.0 Å². The molecule has 2 N–H and O–H groups in total. The maximum absolute atomic E-state index is 12.8. The van der Waals surface area contributed by atoms with Gasteiger partial charge in [0.05, 0.1) is 12.2 Å². The monoisotopic (exact) mass is 332 g/mol. The molecule has 4 nitrogen and oxygen atoms in total. The molecule has 2 rings (SSSR count). The molecule has 0 unspecified atom stereocenters. The number of rotatable bonds is 5. The summed E-state index contributed by atoms with van der Waals surface area (Å²) in [5, 5.41) is 6.43. The first-order valence-corrected chi connectivity index (χ1v) is 7.56. The van der Waals surface area contributed by atoms with Crippen LogP contribution in [-0.2, 0) is 11.3 Å². The number of carbonyl (C=O) groups is 1. The number of hydrogen-bond donors (Lipinski definition) is 2. The zero-order chi connectivity index (χ0) is 16.7. The van der Waals surface area contributed by atoms with Gasteiger partial charge in [0, 0.05) is 12.2 Å². The summed E-state index contributed by atoms with van der Waals surface area (Å²) in [5.41, 5.74) is 2.06. The van der Waals surface area contributed by atoms with Crippen LogP contribution in [0.2, 0.25) is 0 Å². The van der Waals surface area contributed by atoms with Crippen LogP contribution in [0.3, 0.4) is 0 Å². The van der Waals surface area contributed by atoms with E-state index in [9.17, 15) is 9.18 Å². The van der Waals surface area contributed by atoms with Crippen molar-refractivity contribution >= 4 is 29.0 Å². The van der Waals surface area contributed by atoms with Gasteiger partial charge in [-0.25, -0.2) is 9.18 Å². The minimum Gasteiger partial charge on any atom is -0.462 e. The minimum atomic E-state index is -0.374. The lowest BCUT2D eigenvalue weighted by Crippen LogP contribution is -2.27. The summed E-state index contributed by atoms with van der Waals surface area (Å²) in [6.45, 7) is 2.56. The number of anilines is 1. The largest absolute Gasteiger partial charge is 0.462 e. The van der Waals surface area contributed by atoms with E-state index in [0.717, 1.165) is 5.56 Å². The van der Waals surface area contributed by atoms with Gasteiger partial charge in [0.2, 0.25) is 0 Å². The van der Waals surface area contributed by atoms with Crippen molar-refractivity contribution in [3.05, 3.63) is 65.5 Å². The Morgan fingerprint density at radius 1 is 1.22 bits per heavy atom. The van der Waals surface area contributed by atoms with Crippen molar-refractivity contribution in [3.63, 3.8) is 0 Å². The second kappa shape index (κ2) is 8.24. The normalized spacial score (nSPS) is 10.0. The van der Waals surface area contributed by atoms with Crippen LogP contribution < -0.4 is 10.6 Å². The molecule has 0 aliphatic carbocycles. The molecule has 2 aromatic rings. The fourth-order valence-electron chi connectivity index (χ4n) is 1.90. The molecule has 0 amide bonds. The first-order chi connectivity index (χ1) is 11.1. The highest BCUT2D eigenvalue weighted by Gasteiger charge is 2.07. The lowest BCUT2D eigenvalue weighted by molar-refractivity contribution is 0.0526. The number of ether oxygens (including phenoxy) is 1. The van der Waals surface area contributed by atoms with E-state index >= 15 is 0 Å². The third-order valence-electron chi connectivity index (χ3n) is 3.00. The molecule has 23 heavy (non-hydrogen) atoms. The van der Waals surface area contributed by atoms with Crippen molar-refractivity contribution in [1.82, 2.24) is 5.32 Å². The van der Waals surface area contributed by atoms with Crippen molar-refractivity contribution in [3.8, 4) is 0 Å². The Bertz CT molecular complexity index is 689. The summed E-state index contributed by atoms with van der Waals surface area (Å²) < 4.78 is 17.8. The van der Waals surface area contributed by atoms with E-state index in [1.54, 1.807) is 43.3 Å². The Kier molecular flexibility index (Phi) is 6.05. The van der Waals surface area contributed by atoms with Crippen LogP contribution >= 0.6 is 12.2 Å². The van der Waals surface area contributed by atoms with Gasteiger partial charge in [-0.1, -0.05) is 18.2 Å². The highest BCUT2D eigenvalue weighted by molar-refractivity contribution is 7.80. The molecule has 0 bridgehead atoms. The topological polar surface area (TPSA) is 50.4 Å².